The lowest BCUT2D eigenvalue weighted by Crippen LogP contribution is -2.37. The van der Waals surface area contributed by atoms with E-state index in [1.807, 2.05) is 0 Å². The highest BCUT2D eigenvalue weighted by molar-refractivity contribution is 7.99. The van der Waals surface area contributed by atoms with Gasteiger partial charge in [-0.15, -0.1) is 0 Å². The molecule has 0 bridgehead atoms. The first-order valence-electron chi connectivity index (χ1n) is 11.5. The molecule has 0 radical (unpaired) electrons. The van der Waals surface area contributed by atoms with Crippen LogP contribution >= 0.6 is 11.8 Å². The second kappa shape index (κ2) is 10.0. The molecule has 1 aliphatic heterocycles. The van der Waals surface area contributed by atoms with E-state index in [-0.39, 0.29) is 17.7 Å². The van der Waals surface area contributed by atoms with Crippen molar-refractivity contribution in [2.24, 2.45) is 0 Å². The van der Waals surface area contributed by atoms with E-state index in [0.29, 0.717) is 41.1 Å². The molecule has 11 heteroatoms. The molecule has 0 atom stereocenters. The number of ether oxygens (including phenoxy) is 1. The van der Waals surface area contributed by atoms with Crippen molar-refractivity contribution in [3.05, 3.63) is 52.5 Å². The Labute approximate surface area is 205 Å². The molecule has 4 aromatic rings. The van der Waals surface area contributed by atoms with Crippen molar-refractivity contribution in [3.8, 4) is 0 Å². The van der Waals surface area contributed by atoms with Gasteiger partial charge in [-0.05, 0) is 12.1 Å². The Morgan fingerprint density at radius 3 is 2.77 bits per heavy atom. The number of fused-ring (bicyclic) bond motifs is 2. The minimum absolute atomic E-state index is 0.0217. The summed E-state index contributed by atoms with van der Waals surface area (Å²) in [6.07, 6.45) is 1.77. The number of hydrogen-bond acceptors (Lipinski definition) is 9. The molecule has 0 spiro atoms. The van der Waals surface area contributed by atoms with Gasteiger partial charge in [-0.25, -0.2) is 14.6 Å². The van der Waals surface area contributed by atoms with Gasteiger partial charge in [-0.1, -0.05) is 37.7 Å². The number of para-hydroxylation sites is 1. The molecule has 0 saturated carbocycles. The minimum atomic E-state index is -0.455. The number of anilines is 1. The molecular formula is C24H26N6O4S. The lowest BCUT2D eigenvalue weighted by Gasteiger charge is -2.28. The Hall–Kier alpha value is -3.44. The van der Waals surface area contributed by atoms with Crippen LogP contribution in [0, 0.1) is 0 Å². The number of carbonyl (C=O) groups is 1. The summed E-state index contributed by atoms with van der Waals surface area (Å²) in [4.78, 5) is 36.7. The third-order valence-electron chi connectivity index (χ3n) is 5.57. The van der Waals surface area contributed by atoms with E-state index in [4.69, 9.17) is 19.1 Å². The van der Waals surface area contributed by atoms with Gasteiger partial charge >= 0.3 is 0 Å². The topological polar surface area (TPSA) is 115 Å². The van der Waals surface area contributed by atoms with Crippen molar-refractivity contribution in [2.45, 2.75) is 30.8 Å². The average Bonchev–Trinajstić information content (AvgIpc) is 3.26. The van der Waals surface area contributed by atoms with Gasteiger partial charge in [-0.2, -0.15) is 5.10 Å². The number of rotatable bonds is 7. The Morgan fingerprint density at radius 1 is 1.17 bits per heavy atom. The number of hydrogen-bond donors (Lipinski definition) is 1. The first-order valence-corrected chi connectivity index (χ1v) is 12.4. The van der Waals surface area contributed by atoms with Crippen LogP contribution in [0.4, 0.5) is 5.82 Å². The summed E-state index contributed by atoms with van der Waals surface area (Å²) in [5.41, 5.74) is 0.847. The van der Waals surface area contributed by atoms with Crippen molar-refractivity contribution in [1.29, 1.82) is 0 Å². The number of aromatic nitrogens is 4. The lowest BCUT2D eigenvalue weighted by atomic mass is 10.2. The van der Waals surface area contributed by atoms with Crippen LogP contribution in [0.1, 0.15) is 24.4 Å². The molecule has 35 heavy (non-hydrogen) atoms. The van der Waals surface area contributed by atoms with Gasteiger partial charge in [0, 0.05) is 31.0 Å². The van der Waals surface area contributed by atoms with Crippen LogP contribution in [0.15, 0.2) is 50.9 Å². The van der Waals surface area contributed by atoms with Gasteiger partial charge < -0.3 is 19.4 Å². The molecule has 10 nitrogen and oxygen atoms in total. The smallest absolute Gasteiger partial charge is 0.287 e. The molecule has 1 aromatic carbocycles. The van der Waals surface area contributed by atoms with E-state index in [1.54, 1.807) is 46.9 Å². The highest BCUT2D eigenvalue weighted by atomic mass is 32.2. The van der Waals surface area contributed by atoms with Crippen molar-refractivity contribution < 1.29 is 13.9 Å². The van der Waals surface area contributed by atoms with E-state index < -0.39 is 5.91 Å². The summed E-state index contributed by atoms with van der Waals surface area (Å²) in [7, 11) is 0. The fourth-order valence-corrected chi connectivity index (χ4v) is 4.64. The number of carbonyl (C=O) groups excluding carboxylic acids is 1. The molecule has 1 amide bonds. The zero-order valence-corrected chi connectivity index (χ0v) is 20.4. The normalized spacial score (nSPS) is 14.2. The summed E-state index contributed by atoms with van der Waals surface area (Å²) in [6, 6.07) is 8.08. The lowest BCUT2D eigenvalue weighted by molar-refractivity contribution is 0.0925. The van der Waals surface area contributed by atoms with Crippen LogP contribution in [0.3, 0.4) is 0 Å². The maximum atomic E-state index is 12.6. The Morgan fingerprint density at radius 2 is 1.97 bits per heavy atom. The Kier molecular flexibility index (Phi) is 6.69. The molecule has 182 valence electrons. The van der Waals surface area contributed by atoms with Crippen molar-refractivity contribution >= 4 is 45.5 Å². The fourth-order valence-electron chi connectivity index (χ4n) is 3.94. The largest absolute Gasteiger partial charge is 0.451 e. The number of nitrogens with zero attached hydrogens (tertiary/aromatic N) is 5. The van der Waals surface area contributed by atoms with Crippen LogP contribution < -0.4 is 15.6 Å². The molecule has 1 N–H and O–H groups in total. The molecular weight excluding hydrogens is 468 g/mol. The molecule has 0 aliphatic carbocycles. The molecule has 5 rings (SSSR count). The molecule has 1 fully saturated rings. The van der Waals surface area contributed by atoms with E-state index in [1.165, 1.54) is 6.07 Å². The van der Waals surface area contributed by atoms with Gasteiger partial charge in [0.25, 0.3) is 5.91 Å². The predicted molar refractivity (Wildman–Crippen MR) is 134 cm³/mol. The first-order chi connectivity index (χ1) is 17.0. The number of benzene rings is 1. The highest BCUT2D eigenvalue weighted by Gasteiger charge is 2.21. The molecule has 0 unspecified atom stereocenters. The number of thioether (sulfide) groups is 1. The molecule has 1 aliphatic rings. The maximum absolute atomic E-state index is 12.6. The second-order valence-corrected chi connectivity index (χ2v) is 9.97. The van der Waals surface area contributed by atoms with E-state index in [9.17, 15) is 9.59 Å². The molecule has 3 aromatic heterocycles. The number of amides is 1. The van der Waals surface area contributed by atoms with Crippen LogP contribution in [-0.2, 0) is 11.3 Å². The van der Waals surface area contributed by atoms with Gasteiger partial charge in [0.2, 0.25) is 0 Å². The van der Waals surface area contributed by atoms with Gasteiger partial charge in [0.15, 0.2) is 22.0 Å². The van der Waals surface area contributed by atoms with E-state index in [2.05, 4.69) is 29.2 Å². The minimum Gasteiger partial charge on any atom is -0.451 e. The maximum Gasteiger partial charge on any atom is 0.287 e. The van der Waals surface area contributed by atoms with Crippen LogP contribution in [0.2, 0.25) is 0 Å². The number of nitrogens with one attached hydrogen (secondary N) is 1. The fraction of sp³-hybridized carbons (Fsp3) is 0.375. The van der Waals surface area contributed by atoms with Gasteiger partial charge in [-0.3, -0.25) is 9.59 Å². The van der Waals surface area contributed by atoms with E-state index >= 15 is 0 Å². The number of morpholine rings is 1. The van der Waals surface area contributed by atoms with Crippen LogP contribution in [-0.4, -0.2) is 63.8 Å². The Bertz CT molecular complexity index is 1430. The zero-order valence-electron chi connectivity index (χ0n) is 19.6. The molecule has 1 saturated heterocycles. The summed E-state index contributed by atoms with van der Waals surface area (Å²) >= 11 is 1.60. The summed E-state index contributed by atoms with van der Waals surface area (Å²) in [6.45, 7) is 7.72. The third kappa shape index (κ3) is 5.01. The highest BCUT2D eigenvalue weighted by Crippen LogP contribution is 2.29. The molecule has 4 heterocycles. The van der Waals surface area contributed by atoms with Gasteiger partial charge in [0.1, 0.15) is 11.4 Å². The van der Waals surface area contributed by atoms with Gasteiger partial charge in [0.05, 0.1) is 36.7 Å². The quantitative estimate of drug-likeness (QED) is 0.306. The summed E-state index contributed by atoms with van der Waals surface area (Å²) in [5.74, 6) is 0.380. The monoisotopic (exact) mass is 494 g/mol. The summed E-state index contributed by atoms with van der Waals surface area (Å²) in [5, 5.41) is 9.66. The standard InChI is InChI=1S/C24H26N6O4S/c1-15(2)35-24-27-21(29-9-11-33-12-10-29)17-14-26-30(22(17)28-24)8-7-25-23(32)20-13-18(31)16-5-3-4-6-19(16)34-20/h3-6,13-15H,7-12H2,1-2H3,(H,25,32). The average molecular weight is 495 g/mol. The van der Waals surface area contributed by atoms with Crippen LogP contribution in [0.5, 0.6) is 0 Å². The summed E-state index contributed by atoms with van der Waals surface area (Å²) < 4.78 is 12.9. The predicted octanol–water partition coefficient (Wildman–Crippen LogP) is 2.70. The van der Waals surface area contributed by atoms with Crippen LogP contribution in [0.25, 0.3) is 22.0 Å². The van der Waals surface area contributed by atoms with E-state index in [0.717, 1.165) is 29.9 Å². The zero-order chi connectivity index (χ0) is 24.4. The SMILES string of the molecule is CC(C)Sc1nc(N2CCOCC2)c2cnn(CCNC(=O)c3cc(=O)c4ccccc4o3)c2n1. The van der Waals surface area contributed by atoms with Crippen molar-refractivity contribution in [1.82, 2.24) is 25.1 Å². The first kappa shape index (κ1) is 23.3. The Balaban J connectivity index is 1.35. The van der Waals surface area contributed by atoms with Crippen molar-refractivity contribution in [3.63, 3.8) is 0 Å². The van der Waals surface area contributed by atoms with Crippen molar-refractivity contribution in [2.75, 3.05) is 37.7 Å². The second-order valence-electron chi connectivity index (χ2n) is 8.43. The third-order valence-corrected chi connectivity index (χ3v) is 6.44.